The lowest BCUT2D eigenvalue weighted by Crippen LogP contribution is -2.43. The molecule has 30 heavy (non-hydrogen) atoms. The van der Waals surface area contributed by atoms with E-state index in [9.17, 15) is 4.39 Å². The van der Waals surface area contributed by atoms with Crippen molar-refractivity contribution in [2.24, 2.45) is 5.41 Å². The van der Waals surface area contributed by atoms with Gasteiger partial charge in [-0.15, -0.1) is 11.3 Å². The number of aromatic nitrogens is 1. The molecule has 3 rings (SSSR count). The zero-order valence-electron chi connectivity index (χ0n) is 18.8. The number of rotatable bonds is 10. The van der Waals surface area contributed by atoms with Gasteiger partial charge < -0.3 is 0 Å². The zero-order chi connectivity index (χ0) is 21.8. The molecule has 7 heteroatoms. The van der Waals surface area contributed by atoms with Gasteiger partial charge >= 0.3 is 0 Å². The molecule has 2 N–H and O–H groups in total. The summed E-state index contributed by atoms with van der Waals surface area (Å²) in [6.07, 6.45) is 5.14. The van der Waals surface area contributed by atoms with Crippen LogP contribution in [0.25, 0.3) is 0 Å². The molecular formula is C23H35FN4S2. The van der Waals surface area contributed by atoms with Gasteiger partial charge in [-0.1, -0.05) is 6.07 Å². The fourth-order valence-corrected chi connectivity index (χ4v) is 5.51. The van der Waals surface area contributed by atoms with Crippen molar-refractivity contribution in [3.63, 3.8) is 0 Å². The van der Waals surface area contributed by atoms with Crippen molar-refractivity contribution >= 4 is 23.5 Å². The quantitative estimate of drug-likeness (QED) is 0.380. The lowest BCUT2D eigenvalue weighted by molar-refractivity contribution is 0.129. The molecule has 1 unspecified atom stereocenters. The number of aryl methyl sites for hydroxylation is 2. The number of hydrogen-bond donors (Lipinski definition) is 2. The number of thiophene rings is 1. The predicted octanol–water partition coefficient (Wildman–Crippen LogP) is 5.30. The fourth-order valence-electron chi connectivity index (χ4n) is 4.08. The molecule has 1 aliphatic heterocycles. The largest absolute Gasteiger partial charge is 0.293 e. The zero-order valence-corrected chi connectivity index (χ0v) is 20.4. The SMILES string of the molecule is Cc1ccc(C(C)(C)N2CCC(CCc3ccc(F)s3)(CNSNC(C)C)C2)cn1. The Morgan fingerprint density at radius 3 is 2.73 bits per heavy atom. The van der Waals surface area contributed by atoms with Crippen LogP contribution >= 0.6 is 23.5 Å². The minimum Gasteiger partial charge on any atom is -0.293 e. The fraction of sp³-hybridized carbons (Fsp3) is 0.609. The van der Waals surface area contributed by atoms with Gasteiger partial charge in [0.15, 0.2) is 5.13 Å². The molecule has 0 amide bonds. The van der Waals surface area contributed by atoms with Crippen molar-refractivity contribution in [1.82, 2.24) is 19.3 Å². The Morgan fingerprint density at radius 2 is 2.10 bits per heavy atom. The van der Waals surface area contributed by atoms with Gasteiger partial charge in [0.1, 0.15) is 0 Å². The van der Waals surface area contributed by atoms with Crippen LogP contribution in [0, 0.1) is 17.5 Å². The number of pyridine rings is 1. The Labute approximate surface area is 189 Å². The van der Waals surface area contributed by atoms with E-state index >= 15 is 0 Å². The van der Waals surface area contributed by atoms with Gasteiger partial charge in [0.05, 0.1) is 0 Å². The minimum atomic E-state index is -0.0880. The van der Waals surface area contributed by atoms with E-state index in [1.165, 1.54) is 16.9 Å². The summed E-state index contributed by atoms with van der Waals surface area (Å²) in [4.78, 5) is 8.26. The highest BCUT2D eigenvalue weighted by Crippen LogP contribution is 2.41. The second-order valence-corrected chi connectivity index (χ2v) is 11.2. The minimum absolute atomic E-state index is 0.0686. The van der Waals surface area contributed by atoms with Crippen LogP contribution in [-0.4, -0.2) is 35.6 Å². The van der Waals surface area contributed by atoms with Crippen molar-refractivity contribution < 1.29 is 4.39 Å². The maximum absolute atomic E-state index is 13.5. The third kappa shape index (κ3) is 6.04. The highest BCUT2D eigenvalue weighted by Gasteiger charge is 2.43. The summed E-state index contributed by atoms with van der Waals surface area (Å²) in [6, 6.07) is 8.26. The van der Waals surface area contributed by atoms with Gasteiger partial charge in [-0.3, -0.25) is 14.6 Å². The van der Waals surface area contributed by atoms with Crippen LogP contribution in [0.5, 0.6) is 0 Å². The maximum Gasteiger partial charge on any atom is 0.176 e. The van der Waals surface area contributed by atoms with Crippen LogP contribution < -0.4 is 9.44 Å². The molecule has 4 nitrogen and oxygen atoms in total. The Morgan fingerprint density at radius 1 is 1.30 bits per heavy atom. The Balaban J connectivity index is 1.70. The predicted molar refractivity (Wildman–Crippen MR) is 127 cm³/mol. The second kappa shape index (κ2) is 10.1. The number of likely N-dealkylation sites (tertiary alicyclic amines) is 1. The van der Waals surface area contributed by atoms with E-state index in [0.717, 1.165) is 49.5 Å². The third-order valence-electron chi connectivity index (χ3n) is 6.19. The molecule has 0 aliphatic carbocycles. The summed E-state index contributed by atoms with van der Waals surface area (Å²) < 4.78 is 20.4. The first-order valence-electron chi connectivity index (χ1n) is 10.8. The van der Waals surface area contributed by atoms with Crippen molar-refractivity contribution in [2.45, 2.75) is 65.5 Å². The average Bonchev–Trinajstić information content (AvgIpc) is 3.31. The third-order valence-corrected chi connectivity index (χ3v) is 8.00. The molecule has 166 valence electrons. The van der Waals surface area contributed by atoms with E-state index in [0.29, 0.717) is 6.04 Å². The van der Waals surface area contributed by atoms with Crippen molar-refractivity contribution in [2.75, 3.05) is 19.6 Å². The average molecular weight is 451 g/mol. The number of hydrogen-bond acceptors (Lipinski definition) is 6. The lowest BCUT2D eigenvalue weighted by atomic mass is 9.82. The highest BCUT2D eigenvalue weighted by atomic mass is 32.2. The molecular weight excluding hydrogens is 415 g/mol. The summed E-state index contributed by atoms with van der Waals surface area (Å²) in [5.41, 5.74) is 2.41. The van der Waals surface area contributed by atoms with Gasteiger partial charge in [0, 0.05) is 53.6 Å². The van der Waals surface area contributed by atoms with E-state index in [-0.39, 0.29) is 16.1 Å². The van der Waals surface area contributed by atoms with Gasteiger partial charge in [-0.05, 0) is 89.6 Å². The van der Waals surface area contributed by atoms with E-state index < -0.39 is 0 Å². The number of nitrogens with one attached hydrogen (secondary N) is 2. The summed E-state index contributed by atoms with van der Waals surface area (Å²) in [6.45, 7) is 13.9. The van der Waals surface area contributed by atoms with Crippen LogP contribution in [0.3, 0.4) is 0 Å². The first-order valence-corrected chi connectivity index (χ1v) is 12.4. The highest BCUT2D eigenvalue weighted by molar-refractivity contribution is 7.95. The van der Waals surface area contributed by atoms with Crippen molar-refractivity contribution in [1.29, 1.82) is 0 Å². The number of halogens is 1. The van der Waals surface area contributed by atoms with Crippen LogP contribution in [0.15, 0.2) is 30.5 Å². The Kier molecular flexibility index (Phi) is 7.96. The molecule has 1 atom stereocenters. The molecule has 3 heterocycles. The lowest BCUT2D eigenvalue weighted by Gasteiger charge is -2.38. The normalized spacial score (nSPS) is 20.4. The Hall–Kier alpha value is -0.990. The second-order valence-electron chi connectivity index (χ2n) is 9.32. The summed E-state index contributed by atoms with van der Waals surface area (Å²) >= 11 is 2.87. The van der Waals surface area contributed by atoms with Gasteiger partial charge in [0.25, 0.3) is 0 Å². The van der Waals surface area contributed by atoms with Gasteiger partial charge in [-0.25, -0.2) is 4.72 Å². The van der Waals surface area contributed by atoms with Gasteiger partial charge in [0.2, 0.25) is 0 Å². The van der Waals surface area contributed by atoms with E-state index in [1.54, 1.807) is 18.2 Å². The molecule has 1 fully saturated rings. The molecule has 0 saturated carbocycles. The topological polar surface area (TPSA) is 40.2 Å². The molecule has 1 saturated heterocycles. The summed E-state index contributed by atoms with van der Waals surface area (Å²) in [7, 11) is 0. The van der Waals surface area contributed by atoms with Crippen LogP contribution in [0.4, 0.5) is 4.39 Å². The summed E-state index contributed by atoms with van der Waals surface area (Å²) in [5, 5.41) is -0.0880. The standard InChI is InChI=1S/C23H35FN4S2/c1-17(2)27-30-26-15-23(11-10-20-8-9-21(24)29-20)12-13-28(16-23)22(4,5)19-7-6-18(3)25-14-19/h6-9,14,17,26-27H,10-13,15-16H2,1-5H3. The molecule has 2 aromatic heterocycles. The first kappa shape index (κ1) is 23.7. The molecule has 0 spiro atoms. The van der Waals surface area contributed by atoms with Crippen molar-refractivity contribution in [3.8, 4) is 0 Å². The van der Waals surface area contributed by atoms with Crippen molar-refractivity contribution in [3.05, 3.63) is 51.7 Å². The molecule has 2 aromatic rings. The van der Waals surface area contributed by atoms with E-state index in [4.69, 9.17) is 0 Å². The first-order chi connectivity index (χ1) is 14.2. The van der Waals surface area contributed by atoms with Crippen LogP contribution in [0.2, 0.25) is 0 Å². The molecule has 1 aliphatic rings. The van der Waals surface area contributed by atoms with E-state index in [2.05, 4.69) is 59.2 Å². The van der Waals surface area contributed by atoms with E-state index in [1.807, 2.05) is 19.2 Å². The molecule has 0 bridgehead atoms. The Bertz CT molecular complexity index is 806. The monoisotopic (exact) mass is 450 g/mol. The maximum atomic E-state index is 13.5. The molecule has 0 aromatic carbocycles. The van der Waals surface area contributed by atoms with Gasteiger partial charge in [-0.2, -0.15) is 4.39 Å². The van der Waals surface area contributed by atoms with Crippen LogP contribution in [0.1, 0.15) is 56.7 Å². The smallest absolute Gasteiger partial charge is 0.176 e. The van der Waals surface area contributed by atoms with Crippen LogP contribution in [-0.2, 0) is 12.0 Å². The molecule has 0 radical (unpaired) electrons. The number of nitrogens with zero attached hydrogens (tertiary/aromatic N) is 2. The summed E-state index contributed by atoms with van der Waals surface area (Å²) in [5.74, 6) is 0.